The van der Waals surface area contributed by atoms with Gasteiger partial charge in [0.2, 0.25) is 5.91 Å². The van der Waals surface area contributed by atoms with E-state index in [1.807, 2.05) is 0 Å². The summed E-state index contributed by atoms with van der Waals surface area (Å²) in [6, 6.07) is 17.0. The molecule has 0 saturated heterocycles. The molecule has 1 heterocycles. The van der Waals surface area contributed by atoms with E-state index in [4.69, 9.17) is 0 Å². The van der Waals surface area contributed by atoms with E-state index in [9.17, 15) is 4.79 Å². The summed E-state index contributed by atoms with van der Waals surface area (Å²) >= 11 is 0. The summed E-state index contributed by atoms with van der Waals surface area (Å²) in [5.74, 6) is 0.765. The molecular weight excluding hydrogens is 332 g/mol. The standard InChI is InChI=1S/C24H30N2O/c1-17(2)13-14-25-24(27)15-21(19-11-9-18(3)10-12-19)22-16-26(4)23-8-6-5-7-20(22)23/h5-12,16-17,21H,13-15H2,1-4H3,(H,25,27)/t21-/m0/s1. The lowest BCUT2D eigenvalue weighted by molar-refractivity contribution is -0.121. The minimum atomic E-state index is 0.0516. The first-order valence-corrected chi connectivity index (χ1v) is 9.83. The number of carbonyl (C=O) groups is 1. The summed E-state index contributed by atoms with van der Waals surface area (Å²) < 4.78 is 2.16. The highest BCUT2D eigenvalue weighted by molar-refractivity contribution is 5.86. The molecule has 0 aliphatic rings. The maximum Gasteiger partial charge on any atom is 0.220 e. The number of carbonyl (C=O) groups excluding carboxylic acids is 1. The second kappa shape index (κ2) is 8.43. The number of aryl methyl sites for hydroxylation is 2. The second-order valence-corrected chi connectivity index (χ2v) is 7.91. The number of fused-ring (bicyclic) bond motifs is 1. The van der Waals surface area contributed by atoms with Crippen molar-refractivity contribution in [2.24, 2.45) is 13.0 Å². The van der Waals surface area contributed by atoms with Crippen molar-refractivity contribution in [1.82, 2.24) is 9.88 Å². The van der Waals surface area contributed by atoms with Gasteiger partial charge in [-0.05, 0) is 36.5 Å². The monoisotopic (exact) mass is 362 g/mol. The molecule has 1 aromatic heterocycles. The Kier molecular flexibility index (Phi) is 6.00. The second-order valence-electron chi connectivity index (χ2n) is 7.91. The topological polar surface area (TPSA) is 34.0 Å². The first kappa shape index (κ1) is 19.2. The lowest BCUT2D eigenvalue weighted by Gasteiger charge is -2.18. The fraction of sp³-hybridized carbons (Fsp3) is 0.375. The minimum Gasteiger partial charge on any atom is -0.356 e. The van der Waals surface area contributed by atoms with Gasteiger partial charge in [-0.15, -0.1) is 0 Å². The molecular formula is C24H30N2O. The Morgan fingerprint density at radius 2 is 1.78 bits per heavy atom. The number of aromatic nitrogens is 1. The molecule has 142 valence electrons. The Balaban J connectivity index is 1.92. The van der Waals surface area contributed by atoms with Crippen LogP contribution in [0.25, 0.3) is 10.9 Å². The maximum atomic E-state index is 12.7. The van der Waals surface area contributed by atoms with Crippen molar-refractivity contribution in [3.63, 3.8) is 0 Å². The SMILES string of the molecule is Cc1ccc([C@H](CC(=O)NCCC(C)C)c2cn(C)c3ccccc23)cc1. The number of nitrogens with zero attached hydrogens (tertiary/aromatic N) is 1. The van der Waals surface area contributed by atoms with Crippen LogP contribution in [0.3, 0.4) is 0 Å². The summed E-state index contributed by atoms with van der Waals surface area (Å²) in [4.78, 5) is 12.7. The number of hydrogen-bond donors (Lipinski definition) is 1. The molecule has 0 aliphatic carbocycles. The van der Waals surface area contributed by atoms with Crippen molar-refractivity contribution >= 4 is 16.8 Å². The predicted octanol–water partition coefficient (Wildman–Crippen LogP) is 5.17. The van der Waals surface area contributed by atoms with E-state index in [1.165, 1.54) is 27.6 Å². The fourth-order valence-corrected chi connectivity index (χ4v) is 3.61. The van der Waals surface area contributed by atoms with Crippen molar-refractivity contribution in [3.05, 3.63) is 71.4 Å². The van der Waals surface area contributed by atoms with Crippen LogP contribution in [0.1, 0.15) is 49.3 Å². The molecule has 1 atom stereocenters. The molecule has 0 saturated carbocycles. The van der Waals surface area contributed by atoms with Crippen LogP contribution in [0.15, 0.2) is 54.7 Å². The van der Waals surface area contributed by atoms with Gasteiger partial charge in [0, 0.05) is 43.0 Å². The zero-order valence-corrected chi connectivity index (χ0v) is 16.8. The minimum absolute atomic E-state index is 0.0516. The van der Waals surface area contributed by atoms with Crippen LogP contribution in [0.5, 0.6) is 0 Å². The summed E-state index contributed by atoms with van der Waals surface area (Å²) in [5.41, 5.74) is 4.84. The van der Waals surface area contributed by atoms with Crippen molar-refractivity contribution in [2.75, 3.05) is 6.54 Å². The van der Waals surface area contributed by atoms with Crippen molar-refractivity contribution < 1.29 is 4.79 Å². The lowest BCUT2D eigenvalue weighted by Crippen LogP contribution is -2.27. The highest BCUT2D eigenvalue weighted by Gasteiger charge is 2.22. The van der Waals surface area contributed by atoms with Gasteiger partial charge in [-0.2, -0.15) is 0 Å². The number of rotatable bonds is 7. The lowest BCUT2D eigenvalue weighted by atomic mass is 9.87. The average Bonchev–Trinajstić information content (AvgIpc) is 2.97. The van der Waals surface area contributed by atoms with E-state index < -0.39 is 0 Å². The van der Waals surface area contributed by atoms with Gasteiger partial charge >= 0.3 is 0 Å². The summed E-state index contributed by atoms with van der Waals surface area (Å²) in [6.07, 6.45) is 3.65. The molecule has 3 nitrogen and oxygen atoms in total. The van der Waals surface area contributed by atoms with E-state index in [2.05, 4.69) is 92.4 Å². The first-order valence-electron chi connectivity index (χ1n) is 9.83. The number of benzene rings is 2. The molecule has 3 aromatic rings. The smallest absolute Gasteiger partial charge is 0.220 e. The molecule has 27 heavy (non-hydrogen) atoms. The van der Waals surface area contributed by atoms with Gasteiger partial charge in [0.1, 0.15) is 0 Å². The van der Waals surface area contributed by atoms with Gasteiger partial charge < -0.3 is 9.88 Å². The van der Waals surface area contributed by atoms with Crippen molar-refractivity contribution in [1.29, 1.82) is 0 Å². The summed E-state index contributed by atoms with van der Waals surface area (Å²) in [7, 11) is 2.07. The Morgan fingerprint density at radius 1 is 1.07 bits per heavy atom. The van der Waals surface area contributed by atoms with E-state index in [0.29, 0.717) is 12.3 Å². The normalized spacial score (nSPS) is 12.5. The van der Waals surface area contributed by atoms with E-state index >= 15 is 0 Å². The van der Waals surface area contributed by atoms with Gasteiger partial charge in [-0.3, -0.25) is 4.79 Å². The molecule has 1 amide bonds. The van der Waals surface area contributed by atoms with Gasteiger partial charge in [-0.1, -0.05) is 61.9 Å². The zero-order chi connectivity index (χ0) is 19.4. The third-order valence-electron chi connectivity index (χ3n) is 5.22. The third-order valence-corrected chi connectivity index (χ3v) is 5.22. The van der Waals surface area contributed by atoms with E-state index in [1.54, 1.807) is 0 Å². The molecule has 0 fully saturated rings. The number of amides is 1. The number of para-hydroxylation sites is 1. The predicted molar refractivity (Wildman–Crippen MR) is 113 cm³/mol. The third kappa shape index (κ3) is 4.60. The van der Waals surface area contributed by atoms with Gasteiger partial charge in [0.15, 0.2) is 0 Å². The Hall–Kier alpha value is -2.55. The molecule has 2 aromatic carbocycles. The zero-order valence-electron chi connectivity index (χ0n) is 16.8. The average molecular weight is 363 g/mol. The van der Waals surface area contributed by atoms with Gasteiger partial charge in [-0.25, -0.2) is 0 Å². The van der Waals surface area contributed by atoms with Crippen LogP contribution in [-0.4, -0.2) is 17.0 Å². The van der Waals surface area contributed by atoms with E-state index in [-0.39, 0.29) is 11.8 Å². The molecule has 0 aliphatic heterocycles. The van der Waals surface area contributed by atoms with E-state index in [0.717, 1.165) is 13.0 Å². The van der Waals surface area contributed by atoms with Crippen LogP contribution >= 0.6 is 0 Å². The quantitative estimate of drug-likeness (QED) is 0.618. The first-order chi connectivity index (χ1) is 13.0. The molecule has 3 rings (SSSR count). The molecule has 0 unspecified atom stereocenters. The maximum absolute atomic E-state index is 12.7. The van der Waals surface area contributed by atoms with Crippen LogP contribution in [0, 0.1) is 12.8 Å². The number of hydrogen-bond acceptors (Lipinski definition) is 1. The van der Waals surface area contributed by atoms with Gasteiger partial charge in [0.05, 0.1) is 0 Å². The van der Waals surface area contributed by atoms with Crippen LogP contribution in [0.2, 0.25) is 0 Å². The molecule has 0 radical (unpaired) electrons. The van der Waals surface area contributed by atoms with Crippen LogP contribution in [0.4, 0.5) is 0 Å². The molecule has 0 spiro atoms. The highest BCUT2D eigenvalue weighted by Crippen LogP contribution is 2.34. The molecule has 0 bridgehead atoms. The molecule has 3 heteroatoms. The highest BCUT2D eigenvalue weighted by atomic mass is 16.1. The Morgan fingerprint density at radius 3 is 2.48 bits per heavy atom. The van der Waals surface area contributed by atoms with Crippen LogP contribution < -0.4 is 5.32 Å². The summed E-state index contributed by atoms with van der Waals surface area (Å²) in [6.45, 7) is 7.19. The largest absolute Gasteiger partial charge is 0.356 e. The molecule has 1 N–H and O–H groups in total. The van der Waals surface area contributed by atoms with Crippen molar-refractivity contribution in [3.8, 4) is 0 Å². The van der Waals surface area contributed by atoms with Gasteiger partial charge in [0.25, 0.3) is 0 Å². The Labute approximate surface area is 162 Å². The van der Waals surface area contributed by atoms with Crippen molar-refractivity contribution in [2.45, 2.75) is 39.5 Å². The summed E-state index contributed by atoms with van der Waals surface area (Å²) in [5, 5.41) is 4.33. The van der Waals surface area contributed by atoms with Crippen LogP contribution in [-0.2, 0) is 11.8 Å². The Bertz CT molecular complexity index is 906. The number of nitrogens with one attached hydrogen (secondary N) is 1. The fourth-order valence-electron chi connectivity index (χ4n) is 3.61.